The van der Waals surface area contributed by atoms with Crippen LogP contribution in [0.5, 0.6) is 0 Å². The van der Waals surface area contributed by atoms with E-state index >= 15 is 0 Å². The molecule has 1 aromatic carbocycles. The summed E-state index contributed by atoms with van der Waals surface area (Å²) in [7, 11) is -0.895. The molecular formula is C13H18N2O4S. The van der Waals surface area contributed by atoms with E-state index in [1.807, 2.05) is 0 Å². The maximum absolute atomic E-state index is 12.0. The molecule has 1 atom stereocenters. The van der Waals surface area contributed by atoms with Gasteiger partial charge >= 0.3 is 12.0 Å². The van der Waals surface area contributed by atoms with Crippen LogP contribution in [0.4, 0.5) is 10.5 Å². The van der Waals surface area contributed by atoms with Crippen LogP contribution in [0.3, 0.4) is 0 Å². The van der Waals surface area contributed by atoms with Gasteiger partial charge in [-0.25, -0.2) is 4.79 Å². The van der Waals surface area contributed by atoms with Crippen LogP contribution in [-0.2, 0) is 15.6 Å². The second-order valence-corrected chi connectivity index (χ2v) is 5.73. The van der Waals surface area contributed by atoms with Crippen LogP contribution < -0.4 is 10.2 Å². The molecule has 1 rings (SSSR count). The number of amides is 2. The number of anilines is 1. The molecule has 0 radical (unpaired) electrons. The normalized spacial score (nSPS) is 11.7. The Labute approximate surface area is 120 Å². The number of benzene rings is 1. The number of hydrogen-bond acceptors (Lipinski definition) is 3. The molecule has 110 valence electrons. The molecule has 0 aromatic heterocycles. The first-order valence-corrected chi connectivity index (χ1v) is 7.85. The number of carboxylic acids is 1. The Balaban J connectivity index is 2.61. The first-order chi connectivity index (χ1) is 9.50. The highest BCUT2D eigenvalue weighted by Crippen LogP contribution is 2.12. The van der Waals surface area contributed by atoms with Crippen molar-refractivity contribution in [2.75, 3.05) is 30.0 Å². The Morgan fingerprint density at radius 2 is 1.95 bits per heavy atom. The van der Waals surface area contributed by atoms with E-state index in [1.54, 1.807) is 36.6 Å². The molecule has 6 nitrogen and oxygen atoms in total. The lowest BCUT2D eigenvalue weighted by Gasteiger charge is -2.21. The SMILES string of the molecule is CS(=O)CCCNC(=O)N(CC(=O)O)c1ccccc1. The highest BCUT2D eigenvalue weighted by Gasteiger charge is 2.17. The van der Waals surface area contributed by atoms with Crippen LogP contribution in [0.25, 0.3) is 0 Å². The van der Waals surface area contributed by atoms with Gasteiger partial charge < -0.3 is 10.4 Å². The number of carbonyl (C=O) groups excluding carboxylic acids is 1. The van der Waals surface area contributed by atoms with Crippen molar-refractivity contribution >= 4 is 28.5 Å². The Morgan fingerprint density at radius 1 is 1.30 bits per heavy atom. The third kappa shape index (κ3) is 5.83. The van der Waals surface area contributed by atoms with Gasteiger partial charge in [0.05, 0.1) is 0 Å². The van der Waals surface area contributed by atoms with Gasteiger partial charge in [-0.1, -0.05) is 18.2 Å². The Morgan fingerprint density at radius 3 is 2.50 bits per heavy atom. The van der Waals surface area contributed by atoms with Crippen molar-refractivity contribution < 1.29 is 18.9 Å². The van der Waals surface area contributed by atoms with E-state index in [-0.39, 0.29) is 0 Å². The monoisotopic (exact) mass is 298 g/mol. The predicted molar refractivity (Wildman–Crippen MR) is 78.4 cm³/mol. The maximum Gasteiger partial charge on any atom is 0.323 e. The van der Waals surface area contributed by atoms with E-state index < -0.39 is 29.3 Å². The number of carboxylic acid groups (broad SMARTS) is 1. The zero-order chi connectivity index (χ0) is 15.0. The summed E-state index contributed by atoms with van der Waals surface area (Å²) in [5, 5.41) is 11.5. The summed E-state index contributed by atoms with van der Waals surface area (Å²) < 4.78 is 10.9. The number of rotatable bonds is 7. The van der Waals surface area contributed by atoms with Gasteiger partial charge in [0, 0.05) is 35.0 Å². The molecule has 2 N–H and O–H groups in total. The zero-order valence-corrected chi connectivity index (χ0v) is 12.1. The minimum absolute atomic E-state index is 0.362. The van der Waals surface area contributed by atoms with Crippen molar-refractivity contribution in [2.45, 2.75) is 6.42 Å². The Bertz CT molecular complexity index is 479. The van der Waals surface area contributed by atoms with Crippen molar-refractivity contribution in [3.8, 4) is 0 Å². The van der Waals surface area contributed by atoms with Crippen LogP contribution in [0.2, 0.25) is 0 Å². The zero-order valence-electron chi connectivity index (χ0n) is 11.2. The largest absolute Gasteiger partial charge is 0.480 e. The number of nitrogens with zero attached hydrogens (tertiary/aromatic N) is 1. The third-order valence-electron chi connectivity index (χ3n) is 2.49. The van der Waals surface area contributed by atoms with Crippen LogP contribution >= 0.6 is 0 Å². The van der Waals surface area contributed by atoms with E-state index in [9.17, 15) is 13.8 Å². The van der Waals surface area contributed by atoms with Gasteiger partial charge in [0.15, 0.2) is 0 Å². The van der Waals surface area contributed by atoms with Gasteiger partial charge in [0.2, 0.25) is 0 Å². The van der Waals surface area contributed by atoms with E-state index in [4.69, 9.17) is 5.11 Å². The van der Waals surface area contributed by atoms with Crippen molar-refractivity contribution in [3.63, 3.8) is 0 Å². The van der Waals surface area contributed by atoms with E-state index in [0.717, 1.165) is 4.90 Å². The minimum Gasteiger partial charge on any atom is -0.480 e. The average molecular weight is 298 g/mol. The predicted octanol–water partition coefficient (Wildman–Crippen LogP) is 1.06. The summed E-state index contributed by atoms with van der Waals surface area (Å²) in [6.45, 7) is -0.0447. The van der Waals surface area contributed by atoms with Gasteiger partial charge in [-0.3, -0.25) is 13.9 Å². The maximum atomic E-state index is 12.0. The lowest BCUT2D eigenvalue weighted by molar-refractivity contribution is -0.135. The number of nitrogens with one attached hydrogen (secondary N) is 1. The van der Waals surface area contributed by atoms with E-state index in [0.29, 0.717) is 24.4 Å². The molecule has 7 heteroatoms. The van der Waals surface area contributed by atoms with Gasteiger partial charge in [-0.05, 0) is 18.6 Å². The molecule has 0 aliphatic heterocycles. The fourth-order valence-electron chi connectivity index (χ4n) is 1.59. The fourth-order valence-corrected chi connectivity index (χ4v) is 2.14. The molecule has 1 aromatic rings. The van der Waals surface area contributed by atoms with Crippen LogP contribution in [0.1, 0.15) is 6.42 Å². The molecule has 0 aliphatic rings. The standard InChI is InChI=1S/C13H18N2O4S/c1-20(19)9-5-8-14-13(18)15(10-12(16)17)11-6-3-2-4-7-11/h2-4,6-7H,5,8-10H2,1H3,(H,14,18)(H,16,17). The molecule has 0 saturated heterocycles. The van der Waals surface area contributed by atoms with Gasteiger partial charge in [-0.2, -0.15) is 0 Å². The van der Waals surface area contributed by atoms with Crippen molar-refractivity contribution in [1.29, 1.82) is 0 Å². The molecule has 0 fully saturated rings. The fraction of sp³-hybridized carbons (Fsp3) is 0.385. The molecule has 0 aliphatic carbocycles. The number of carbonyl (C=O) groups is 2. The second-order valence-electron chi connectivity index (χ2n) is 4.18. The van der Waals surface area contributed by atoms with E-state index in [1.165, 1.54) is 0 Å². The van der Waals surface area contributed by atoms with Gasteiger partial charge in [-0.15, -0.1) is 0 Å². The van der Waals surface area contributed by atoms with Crippen molar-refractivity contribution in [1.82, 2.24) is 5.32 Å². The molecule has 0 spiro atoms. The summed E-state index contributed by atoms with van der Waals surface area (Å²) in [6.07, 6.45) is 2.19. The lowest BCUT2D eigenvalue weighted by atomic mass is 10.3. The highest BCUT2D eigenvalue weighted by atomic mass is 32.2. The minimum atomic E-state index is -1.08. The van der Waals surface area contributed by atoms with Gasteiger partial charge in [0.1, 0.15) is 6.54 Å². The molecule has 1 unspecified atom stereocenters. The van der Waals surface area contributed by atoms with Crippen molar-refractivity contribution in [3.05, 3.63) is 30.3 Å². The molecule has 0 saturated carbocycles. The molecule has 2 amide bonds. The first kappa shape index (κ1) is 16.2. The molecule has 20 heavy (non-hydrogen) atoms. The first-order valence-electron chi connectivity index (χ1n) is 6.13. The summed E-state index contributed by atoms with van der Waals surface area (Å²) in [5.74, 6) is -0.580. The van der Waals surface area contributed by atoms with E-state index in [2.05, 4.69) is 5.32 Å². The molecule has 0 bridgehead atoms. The van der Waals surface area contributed by atoms with Crippen molar-refractivity contribution in [2.24, 2.45) is 0 Å². The lowest BCUT2D eigenvalue weighted by Crippen LogP contribution is -2.43. The second kappa shape index (κ2) is 8.31. The van der Waals surface area contributed by atoms with Crippen LogP contribution in [0.15, 0.2) is 30.3 Å². The number of para-hydroxylation sites is 1. The van der Waals surface area contributed by atoms with Gasteiger partial charge in [0.25, 0.3) is 0 Å². The topological polar surface area (TPSA) is 86.7 Å². The molecular weight excluding hydrogens is 280 g/mol. The van der Waals surface area contributed by atoms with Crippen LogP contribution in [0, 0.1) is 0 Å². The number of aliphatic carboxylic acids is 1. The summed E-state index contributed by atoms with van der Waals surface area (Å²) in [5.41, 5.74) is 0.520. The summed E-state index contributed by atoms with van der Waals surface area (Å²) in [6, 6.07) is 8.12. The quantitative estimate of drug-likeness (QED) is 0.737. The highest BCUT2D eigenvalue weighted by molar-refractivity contribution is 7.84. The number of urea groups is 1. The summed E-state index contributed by atoms with van der Waals surface area (Å²) in [4.78, 5) is 24.0. The molecule has 0 heterocycles. The van der Waals surface area contributed by atoms with Crippen LogP contribution in [-0.4, -0.2) is 46.4 Å². The Kier molecular flexibility index (Phi) is 6.72. The average Bonchev–Trinajstić information content (AvgIpc) is 2.41. The smallest absolute Gasteiger partial charge is 0.323 e. The summed E-state index contributed by atoms with van der Waals surface area (Å²) >= 11 is 0. The Hall–Kier alpha value is -1.89. The number of hydrogen-bond donors (Lipinski definition) is 2. The third-order valence-corrected chi connectivity index (χ3v) is 3.35.